The smallest absolute Gasteiger partial charge is 0.278 e. The third-order valence-electron chi connectivity index (χ3n) is 3.89. The molecule has 5 heteroatoms. The lowest BCUT2D eigenvalue weighted by molar-refractivity contribution is 0.0987. The summed E-state index contributed by atoms with van der Waals surface area (Å²) in [4.78, 5) is 14.0. The summed E-state index contributed by atoms with van der Waals surface area (Å²) in [5.41, 5.74) is 3.52. The number of anilines is 2. The summed E-state index contributed by atoms with van der Waals surface area (Å²) in [5, 5.41) is 11.4. The maximum Gasteiger partial charge on any atom is 0.278 e. The number of carbonyl (C=O) groups excluding carboxylic acids is 1. The number of rotatable bonds is 5. The number of nitrogens with zero attached hydrogens (tertiary/aromatic N) is 3. The molecule has 0 aliphatic rings. The molecule has 0 unspecified atom stereocenters. The Balaban J connectivity index is 1.64. The Bertz CT molecular complexity index is 847. The van der Waals surface area contributed by atoms with Gasteiger partial charge >= 0.3 is 0 Å². The Morgan fingerprint density at radius 3 is 2.48 bits per heavy atom. The van der Waals surface area contributed by atoms with Crippen molar-refractivity contribution in [2.75, 3.05) is 17.3 Å². The summed E-state index contributed by atoms with van der Waals surface area (Å²) in [6, 6.07) is 21.2. The molecule has 0 saturated heterocycles. The molecular weight excluding hydrogens is 312 g/mol. The predicted octanol–water partition coefficient (Wildman–Crippen LogP) is 3.67. The van der Waals surface area contributed by atoms with Crippen LogP contribution < -0.4 is 10.2 Å². The maximum atomic E-state index is 12.5. The molecule has 1 N–H and O–H groups in total. The van der Waals surface area contributed by atoms with Crippen molar-refractivity contribution >= 4 is 17.4 Å². The van der Waals surface area contributed by atoms with Crippen molar-refractivity contribution in [1.82, 2.24) is 10.2 Å². The second-order valence-corrected chi connectivity index (χ2v) is 5.85. The summed E-state index contributed by atoms with van der Waals surface area (Å²) < 4.78 is 0. The lowest BCUT2D eigenvalue weighted by Crippen LogP contribution is -2.27. The topological polar surface area (TPSA) is 58.1 Å². The van der Waals surface area contributed by atoms with E-state index in [9.17, 15) is 4.79 Å². The molecule has 1 heterocycles. The molecule has 1 amide bonds. The SMILES string of the molecule is Cc1cccc(CNc2ccc(C(=O)N(C)c3ccccc3)nn2)c1. The number of nitrogens with one attached hydrogen (secondary N) is 1. The van der Waals surface area contributed by atoms with E-state index < -0.39 is 0 Å². The van der Waals surface area contributed by atoms with Gasteiger partial charge in [0.25, 0.3) is 5.91 Å². The van der Waals surface area contributed by atoms with E-state index >= 15 is 0 Å². The summed E-state index contributed by atoms with van der Waals surface area (Å²) in [7, 11) is 1.73. The van der Waals surface area contributed by atoms with Crippen molar-refractivity contribution in [2.45, 2.75) is 13.5 Å². The van der Waals surface area contributed by atoms with E-state index in [1.165, 1.54) is 11.1 Å². The first-order valence-corrected chi connectivity index (χ1v) is 8.10. The van der Waals surface area contributed by atoms with Crippen LogP contribution in [-0.4, -0.2) is 23.2 Å². The van der Waals surface area contributed by atoms with E-state index in [4.69, 9.17) is 0 Å². The first-order valence-electron chi connectivity index (χ1n) is 8.10. The zero-order chi connectivity index (χ0) is 17.6. The number of carbonyl (C=O) groups is 1. The third-order valence-corrected chi connectivity index (χ3v) is 3.89. The highest BCUT2D eigenvalue weighted by Crippen LogP contribution is 2.14. The average Bonchev–Trinajstić information content (AvgIpc) is 2.66. The second-order valence-electron chi connectivity index (χ2n) is 5.85. The van der Waals surface area contributed by atoms with Gasteiger partial charge in [0.05, 0.1) is 0 Å². The highest BCUT2D eigenvalue weighted by atomic mass is 16.2. The van der Waals surface area contributed by atoms with Crippen molar-refractivity contribution in [2.24, 2.45) is 0 Å². The number of aryl methyl sites for hydroxylation is 1. The largest absolute Gasteiger partial charge is 0.365 e. The van der Waals surface area contributed by atoms with Crippen molar-refractivity contribution in [3.05, 3.63) is 83.6 Å². The van der Waals surface area contributed by atoms with E-state index in [-0.39, 0.29) is 5.91 Å². The molecule has 3 aromatic rings. The van der Waals surface area contributed by atoms with Crippen LogP contribution >= 0.6 is 0 Å². The zero-order valence-corrected chi connectivity index (χ0v) is 14.3. The average molecular weight is 332 g/mol. The van der Waals surface area contributed by atoms with E-state index in [0.717, 1.165) is 5.69 Å². The lowest BCUT2D eigenvalue weighted by Gasteiger charge is -2.16. The molecule has 0 aliphatic carbocycles. The maximum absolute atomic E-state index is 12.5. The minimum Gasteiger partial charge on any atom is -0.365 e. The quantitative estimate of drug-likeness (QED) is 0.774. The first kappa shape index (κ1) is 16.6. The summed E-state index contributed by atoms with van der Waals surface area (Å²) in [6.45, 7) is 2.72. The van der Waals surface area contributed by atoms with Crippen LogP contribution in [0.25, 0.3) is 0 Å². The number of aromatic nitrogens is 2. The van der Waals surface area contributed by atoms with E-state index in [2.05, 4.69) is 40.6 Å². The normalized spacial score (nSPS) is 10.3. The van der Waals surface area contributed by atoms with Crippen LogP contribution in [0.4, 0.5) is 11.5 Å². The zero-order valence-electron chi connectivity index (χ0n) is 14.3. The Kier molecular flexibility index (Phi) is 5.04. The van der Waals surface area contributed by atoms with E-state index in [0.29, 0.717) is 18.1 Å². The van der Waals surface area contributed by atoms with Crippen molar-refractivity contribution < 1.29 is 4.79 Å². The van der Waals surface area contributed by atoms with Gasteiger partial charge in [0, 0.05) is 19.3 Å². The van der Waals surface area contributed by atoms with Crippen molar-refractivity contribution in [1.29, 1.82) is 0 Å². The Hall–Kier alpha value is -3.21. The minimum atomic E-state index is -0.191. The van der Waals surface area contributed by atoms with Crippen LogP contribution in [0.3, 0.4) is 0 Å². The highest BCUT2D eigenvalue weighted by Gasteiger charge is 2.15. The highest BCUT2D eigenvalue weighted by molar-refractivity contribution is 6.04. The van der Waals surface area contributed by atoms with Gasteiger partial charge in [0.15, 0.2) is 5.69 Å². The third kappa shape index (κ3) is 4.20. The molecule has 2 aromatic carbocycles. The fourth-order valence-corrected chi connectivity index (χ4v) is 2.50. The molecule has 126 valence electrons. The molecule has 0 radical (unpaired) electrons. The number of hydrogen-bond acceptors (Lipinski definition) is 4. The molecule has 3 rings (SSSR count). The molecular formula is C20H20N4O. The molecule has 0 aliphatic heterocycles. The molecule has 0 saturated carbocycles. The van der Waals surface area contributed by atoms with Gasteiger partial charge in [0.2, 0.25) is 0 Å². The molecule has 0 atom stereocenters. The standard InChI is InChI=1S/C20H20N4O/c1-15-7-6-8-16(13-15)14-21-19-12-11-18(22-23-19)20(25)24(2)17-9-4-3-5-10-17/h3-13H,14H2,1-2H3,(H,21,23). The fraction of sp³-hybridized carbons (Fsp3) is 0.150. The predicted molar refractivity (Wildman–Crippen MR) is 99.7 cm³/mol. The van der Waals surface area contributed by atoms with E-state index in [1.54, 1.807) is 24.1 Å². The fourth-order valence-electron chi connectivity index (χ4n) is 2.50. The number of hydrogen-bond donors (Lipinski definition) is 1. The van der Waals surface area contributed by atoms with Gasteiger partial charge in [-0.1, -0.05) is 48.0 Å². The number of para-hydroxylation sites is 1. The summed E-state index contributed by atoms with van der Waals surface area (Å²) >= 11 is 0. The Morgan fingerprint density at radius 2 is 1.80 bits per heavy atom. The molecule has 0 bridgehead atoms. The van der Waals surface area contributed by atoms with Crippen LogP contribution in [0.2, 0.25) is 0 Å². The molecule has 0 spiro atoms. The van der Waals surface area contributed by atoms with Crippen molar-refractivity contribution in [3.8, 4) is 0 Å². The molecule has 25 heavy (non-hydrogen) atoms. The van der Waals surface area contributed by atoms with E-state index in [1.807, 2.05) is 36.4 Å². The Morgan fingerprint density at radius 1 is 1.00 bits per heavy atom. The van der Waals surface area contributed by atoms with Crippen molar-refractivity contribution in [3.63, 3.8) is 0 Å². The summed E-state index contributed by atoms with van der Waals surface area (Å²) in [5.74, 6) is 0.448. The monoisotopic (exact) mass is 332 g/mol. The van der Waals surface area contributed by atoms with Crippen LogP contribution in [0.1, 0.15) is 21.6 Å². The first-order chi connectivity index (χ1) is 12.1. The molecule has 5 nitrogen and oxygen atoms in total. The lowest BCUT2D eigenvalue weighted by atomic mass is 10.1. The summed E-state index contributed by atoms with van der Waals surface area (Å²) in [6.07, 6.45) is 0. The van der Waals surface area contributed by atoms with Gasteiger partial charge in [-0.2, -0.15) is 0 Å². The van der Waals surface area contributed by atoms with Gasteiger partial charge in [0.1, 0.15) is 5.82 Å². The molecule has 0 fully saturated rings. The van der Waals surface area contributed by atoms with Gasteiger partial charge in [-0.3, -0.25) is 4.79 Å². The van der Waals surface area contributed by atoms with Gasteiger partial charge in [-0.15, -0.1) is 10.2 Å². The van der Waals surface area contributed by atoms with Crippen LogP contribution in [-0.2, 0) is 6.54 Å². The van der Waals surface area contributed by atoms with Crippen LogP contribution in [0, 0.1) is 6.92 Å². The minimum absolute atomic E-state index is 0.191. The van der Waals surface area contributed by atoms with Gasteiger partial charge < -0.3 is 10.2 Å². The molecule has 1 aromatic heterocycles. The van der Waals surface area contributed by atoms with Crippen LogP contribution in [0.15, 0.2) is 66.7 Å². The Labute approximate surface area is 147 Å². The van der Waals surface area contributed by atoms with Crippen LogP contribution in [0.5, 0.6) is 0 Å². The van der Waals surface area contributed by atoms with Gasteiger partial charge in [-0.05, 0) is 36.8 Å². The second kappa shape index (κ2) is 7.57. The number of amides is 1. The van der Waals surface area contributed by atoms with Gasteiger partial charge in [-0.25, -0.2) is 0 Å². The number of benzene rings is 2.